The largest absolute Gasteiger partial charge is 0.311 e. The summed E-state index contributed by atoms with van der Waals surface area (Å²) in [4.78, 5) is 0. The molecule has 2 fully saturated rings. The fourth-order valence-electron chi connectivity index (χ4n) is 2.91. The molecule has 0 amide bonds. The van der Waals surface area contributed by atoms with Crippen molar-refractivity contribution in [2.45, 2.75) is 64.5 Å². The van der Waals surface area contributed by atoms with Crippen molar-refractivity contribution in [3.8, 4) is 0 Å². The summed E-state index contributed by atoms with van der Waals surface area (Å²) in [5.74, 6) is 1.90. The molecule has 1 nitrogen and oxygen atoms in total. The average Bonchev–Trinajstić information content (AvgIpc) is 2.06. The van der Waals surface area contributed by atoms with E-state index in [4.69, 9.17) is 0 Å². The van der Waals surface area contributed by atoms with Crippen molar-refractivity contribution in [1.82, 2.24) is 5.32 Å². The van der Waals surface area contributed by atoms with E-state index in [2.05, 4.69) is 19.2 Å². The molecular formula is C12H23N. The van der Waals surface area contributed by atoms with Crippen LogP contribution in [-0.2, 0) is 0 Å². The van der Waals surface area contributed by atoms with Gasteiger partial charge in [0.2, 0.25) is 0 Å². The predicted molar refractivity (Wildman–Crippen MR) is 56.7 cm³/mol. The van der Waals surface area contributed by atoms with Crippen LogP contribution >= 0.6 is 0 Å². The number of hydrogen-bond donors (Lipinski definition) is 1. The Morgan fingerprint density at radius 2 is 1.69 bits per heavy atom. The number of nitrogens with one attached hydrogen (secondary N) is 1. The molecule has 0 aromatic rings. The fraction of sp³-hybridized carbons (Fsp3) is 1.00. The lowest BCUT2D eigenvalue weighted by Gasteiger charge is -2.40. The van der Waals surface area contributed by atoms with Crippen LogP contribution in [0.2, 0.25) is 0 Å². The molecule has 2 unspecified atom stereocenters. The molecule has 2 aliphatic carbocycles. The maximum Gasteiger partial charge on any atom is 0.00952 e. The summed E-state index contributed by atoms with van der Waals surface area (Å²) >= 11 is 0. The minimum atomic E-state index is 0.839. The molecule has 0 saturated heterocycles. The quantitative estimate of drug-likeness (QED) is 0.690. The molecule has 0 bridgehead atoms. The van der Waals surface area contributed by atoms with Crippen molar-refractivity contribution < 1.29 is 0 Å². The van der Waals surface area contributed by atoms with Gasteiger partial charge in [-0.25, -0.2) is 0 Å². The Balaban J connectivity index is 1.73. The van der Waals surface area contributed by atoms with Gasteiger partial charge in [-0.3, -0.25) is 0 Å². The molecule has 2 rings (SSSR count). The van der Waals surface area contributed by atoms with Gasteiger partial charge in [-0.1, -0.05) is 26.7 Å². The van der Waals surface area contributed by atoms with Crippen LogP contribution in [0.15, 0.2) is 0 Å². The van der Waals surface area contributed by atoms with Gasteiger partial charge >= 0.3 is 0 Å². The van der Waals surface area contributed by atoms with Gasteiger partial charge in [0, 0.05) is 12.1 Å². The molecule has 76 valence electrons. The molecular weight excluding hydrogens is 158 g/mol. The van der Waals surface area contributed by atoms with Crippen LogP contribution in [0, 0.1) is 11.8 Å². The van der Waals surface area contributed by atoms with E-state index >= 15 is 0 Å². The van der Waals surface area contributed by atoms with Crippen LogP contribution in [-0.4, -0.2) is 12.1 Å². The summed E-state index contributed by atoms with van der Waals surface area (Å²) < 4.78 is 0. The Labute approximate surface area is 82.3 Å². The minimum absolute atomic E-state index is 0.839. The van der Waals surface area contributed by atoms with E-state index in [1.165, 1.54) is 38.5 Å². The van der Waals surface area contributed by atoms with Crippen molar-refractivity contribution in [2.75, 3.05) is 0 Å². The second-order valence-electron chi connectivity index (χ2n) is 5.31. The van der Waals surface area contributed by atoms with Crippen LogP contribution in [0.3, 0.4) is 0 Å². The summed E-state index contributed by atoms with van der Waals surface area (Å²) in [5, 5.41) is 3.84. The van der Waals surface area contributed by atoms with E-state index in [1.54, 1.807) is 0 Å². The van der Waals surface area contributed by atoms with Crippen LogP contribution < -0.4 is 5.32 Å². The third kappa shape index (κ3) is 2.25. The maximum absolute atomic E-state index is 3.84. The van der Waals surface area contributed by atoms with Crippen molar-refractivity contribution in [2.24, 2.45) is 11.8 Å². The first-order chi connectivity index (χ1) is 6.25. The highest BCUT2D eigenvalue weighted by atomic mass is 15.0. The highest BCUT2D eigenvalue weighted by Gasteiger charge is 2.29. The molecule has 0 heterocycles. The summed E-state index contributed by atoms with van der Waals surface area (Å²) in [6, 6.07) is 1.70. The van der Waals surface area contributed by atoms with E-state index in [-0.39, 0.29) is 0 Å². The van der Waals surface area contributed by atoms with Gasteiger partial charge in [-0.15, -0.1) is 0 Å². The summed E-state index contributed by atoms with van der Waals surface area (Å²) in [6.07, 6.45) is 8.61. The highest BCUT2D eigenvalue weighted by molar-refractivity contribution is 4.88. The van der Waals surface area contributed by atoms with Crippen molar-refractivity contribution in [3.63, 3.8) is 0 Å². The molecule has 0 radical (unpaired) electrons. The van der Waals surface area contributed by atoms with Crippen molar-refractivity contribution in [1.29, 1.82) is 0 Å². The van der Waals surface area contributed by atoms with Gasteiger partial charge in [0.25, 0.3) is 0 Å². The van der Waals surface area contributed by atoms with E-state index in [0.29, 0.717) is 0 Å². The van der Waals surface area contributed by atoms with Crippen LogP contribution in [0.5, 0.6) is 0 Å². The molecule has 0 aromatic carbocycles. The van der Waals surface area contributed by atoms with E-state index < -0.39 is 0 Å². The van der Waals surface area contributed by atoms with Gasteiger partial charge in [0.15, 0.2) is 0 Å². The first kappa shape index (κ1) is 9.51. The first-order valence-corrected chi connectivity index (χ1v) is 6.01. The van der Waals surface area contributed by atoms with Gasteiger partial charge < -0.3 is 5.32 Å². The normalized spacial score (nSPS) is 45.7. The van der Waals surface area contributed by atoms with Gasteiger partial charge in [0.1, 0.15) is 0 Å². The lowest BCUT2D eigenvalue weighted by Crippen LogP contribution is -2.48. The SMILES string of the molecule is CC1CC(NC2CCCCC2C)C1. The van der Waals surface area contributed by atoms with Crippen molar-refractivity contribution >= 4 is 0 Å². The lowest BCUT2D eigenvalue weighted by atomic mass is 9.79. The lowest BCUT2D eigenvalue weighted by molar-refractivity contribution is 0.177. The molecule has 13 heavy (non-hydrogen) atoms. The molecule has 2 atom stereocenters. The third-order valence-electron chi connectivity index (χ3n) is 3.94. The summed E-state index contributed by atoms with van der Waals surface area (Å²) in [6.45, 7) is 4.78. The second-order valence-corrected chi connectivity index (χ2v) is 5.31. The zero-order valence-electron chi connectivity index (χ0n) is 9.05. The van der Waals surface area contributed by atoms with E-state index in [1.807, 2.05) is 0 Å². The highest BCUT2D eigenvalue weighted by Crippen LogP contribution is 2.30. The topological polar surface area (TPSA) is 12.0 Å². The van der Waals surface area contributed by atoms with Crippen molar-refractivity contribution in [3.05, 3.63) is 0 Å². The standard InChI is InChI=1S/C12H23N/c1-9-7-11(8-9)13-12-6-4-3-5-10(12)2/h9-13H,3-8H2,1-2H3. The molecule has 1 heteroatoms. The number of rotatable bonds is 2. The summed E-state index contributed by atoms with van der Waals surface area (Å²) in [5.41, 5.74) is 0. The second kappa shape index (κ2) is 4.00. The maximum atomic E-state index is 3.84. The third-order valence-corrected chi connectivity index (χ3v) is 3.94. The Bertz CT molecular complexity index is 161. The first-order valence-electron chi connectivity index (χ1n) is 6.01. The Morgan fingerprint density at radius 3 is 2.31 bits per heavy atom. The molecule has 0 spiro atoms. The predicted octanol–water partition coefficient (Wildman–Crippen LogP) is 2.95. The fourth-order valence-corrected chi connectivity index (χ4v) is 2.91. The number of hydrogen-bond acceptors (Lipinski definition) is 1. The molecule has 1 N–H and O–H groups in total. The Hall–Kier alpha value is -0.0400. The zero-order valence-corrected chi connectivity index (χ0v) is 9.05. The minimum Gasteiger partial charge on any atom is -0.311 e. The molecule has 2 aliphatic rings. The van der Waals surface area contributed by atoms with Gasteiger partial charge in [-0.2, -0.15) is 0 Å². The molecule has 0 aromatic heterocycles. The van der Waals surface area contributed by atoms with E-state index in [0.717, 1.165) is 23.9 Å². The van der Waals surface area contributed by atoms with Gasteiger partial charge in [0.05, 0.1) is 0 Å². The zero-order chi connectivity index (χ0) is 9.26. The summed E-state index contributed by atoms with van der Waals surface area (Å²) in [7, 11) is 0. The average molecular weight is 181 g/mol. The smallest absolute Gasteiger partial charge is 0.00952 e. The monoisotopic (exact) mass is 181 g/mol. The molecule has 0 aliphatic heterocycles. The Morgan fingerprint density at radius 1 is 1.00 bits per heavy atom. The van der Waals surface area contributed by atoms with Gasteiger partial charge in [-0.05, 0) is 37.5 Å². The van der Waals surface area contributed by atoms with Crippen LogP contribution in [0.25, 0.3) is 0 Å². The van der Waals surface area contributed by atoms with E-state index in [9.17, 15) is 0 Å². The van der Waals surface area contributed by atoms with Crippen LogP contribution in [0.1, 0.15) is 52.4 Å². The Kier molecular flexibility index (Phi) is 2.92. The van der Waals surface area contributed by atoms with Crippen LogP contribution in [0.4, 0.5) is 0 Å². The molecule has 2 saturated carbocycles.